The highest BCUT2D eigenvalue weighted by molar-refractivity contribution is 7.91. The molecule has 0 aromatic rings. The predicted octanol–water partition coefficient (Wildman–Crippen LogP) is 0.212. The molecule has 0 aromatic carbocycles. The van der Waals surface area contributed by atoms with Crippen molar-refractivity contribution in [1.29, 1.82) is 0 Å². The molecule has 0 bridgehead atoms. The normalized spacial score (nSPS) is 35.3. The highest BCUT2D eigenvalue weighted by Gasteiger charge is 2.39. The zero-order chi connectivity index (χ0) is 13.2. The van der Waals surface area contributed by atoms with Crippen LogP contribution in [0.1, 0.15) is 39.0 Å². The highest BCUT2D eigenvalue weighted by atomic mass is 32.2. The van der Waals surface area contributed by atoms with Crippen molar-refractivity contribution in [3.8, 4) is 0 Å². The Bertz CT molecular complexity index is 415. The topological polar surface area (TPSA) is 75.3 Å². The minimum Gasteiger partial charge on any atom is -0.350 e. The van der Waals surface area contributed by atoms with E-state index in [-0.39, 0.29) is 23.5 Å². The highest BCUT2D eigenvalue weighted by Crippen LogP contribution is 2.23. The molecule has 2 saturated heterocycles. The van der Waals surface area contributed by atoms with Crippen LogP contribution in [0.3, 0.4) is 0 Å². The molecule has 2 fully saturated rings. The van der Waals surface area contributed by atoms with E-state index in [0.29, 0.717) is 12.8 Å². The van der Waals surface area contributed by atoms with Crippen LogP contribution >= 0.6 is 0 Å². The maximum Gasteiger partial charge on any atom is 0.222 e. The Morgan fingerprint density at radius 3 is 2.78 bits per heavy atom. The molecule has 104 valence electrons. The average Bonchev–Trinajstić information content (AvgIpc) is 2.53. The van der Waals surface area contributed by atoms with Gasteiger partial charge >= 0.3 is 0 Å². The number of carbonyl (C=O) groups excluding carboxylic acids is 1. The molecule has 0 spiro atoms. The van der Waals surface area contributed by atoms with E-state index in [4.69, 9.17) is 0 Å². The van der Waals surface area contributed by atoms with Gasteiger partial charge < -0.3 is 10.6 Å². The Morgan fingerprint density at radius 2 is 2.22 bits per heavy atom. The summed E-state index contributed by atoms with van der Waals surface area (Å²) in [7, 11) is -2.96. The maximum absolute atomic E-state index is 11.9. The van der Waals surface area contributed by atoms with Crippen LogP contribution in [0.15, 0.2) is 0 Å². The van der Waals surface area contributed by atoms with E-state index in [1.807, 2.05) is 6.92 Å². The van der Waals surface area contributed by atoms with Gasteiger partial charge in [0.25, 0.3) is 0 Å². The van der Waals surface area contributed by atoms with Crippen LogP contribution in [0, 0.1) is 0 Å². The van der Waals surface area contributed by atoms with Crippen LogP contribution < -0.4 is 10.6 Å². The van der Waals surface area contributed by atoms with E-state index < -0.39 is 15.4 Å². The fraction of sp³-hybridized carbons (Fsp3) is 0.917. The lowest BCUT2D eigenvalue weighted by atomic mass is 9.99. The van der Waals surface area contributed by atoms with Crippen LogP contribution in [-0.4, -0.2) is 44.0 Å². The number of hydrogen-bond acceptors (Lipinski definition) is 4. The lowest BCUT2D eigenvalue weighted by Crippen LogP contribution is -2.49. The fourth-order valence-electron chi connectivity index (χ4n) is 2.82. The van der Waals surface area contributed by atoms with Gasteiger partial charge in [0, 0.05) is 12.5 Å². The van der Waals surface area contributed by atoms with Crippen molar-refractivity contribution in [2.24, 2.45) is 0 Å². The SMILES string of the molecule is CC1(NC(=O)CC2CCCCN2)CCS(=O)(=O)C1. The number of rotatable bonds is 3. The summed E-state index contributed by atoms with van der Waals surface area (Å²) in [4.78, 5) is 11.9. The summed E-state index contributed by atoms with van der Waals surface area (Å²) in [6.07, 6.45) is 4.35. The van der Waals surface area contributed by atoms with Crippen molar-refractivity contribution in [2.45, 2.75) is 50.6 Å². The van der Waals surface area contributed by atoms with Crippen molar-refractivity contribution in [1.82, 2.24) is 10.6 Å². The van der Waals surface area contributed by atoms with Crippen molar-refractivity contribution < 1.29 is 13.2 Å². The predicted molar refractivity (Wildman–Crippen MR) is 70.1 cm³/mol. The summed E-state index contributed by atoms with van der Waals surface area (Å²) in [6, 6.07) is 0.250. The molecule has 2 aliphatic rings. The molecule has 2 atom stereocenters. The number of nitrogens with one attached hydrogen (secondary N) is 2. The van der Waals surface area contributed by atoms with Gasteiger partial charge in [-0.15, -0.1) is 0 Å². The number of hydrogen-bond donors (Lipinski definition) is 2. The standard InChI is InChI=1S/C12H22N2O3S/c1-12(5-7-18(16,17)9-12)14-11(15)8-10-4-2-3-6-13-10/h10,13H,2-9H2,1H3,(H,14,15). The van der Waals surface area contributed by atoms with Gasteiger partial charge in [-0.2, -0.15) is 0 Å². The minimum atomic E-state index is -2.96. The van der Waals surface area contributed by atoms with Crippen LogP contribution in [-0.2, 0) is 14.6 Å². The second-order valence-electron chi connectivity index (χ2n) is 5.80. The molecule has 0 aromatic heterocycles. The molecular formula is C12H22N2O3S. The smallest absolute Gasteiger partial charge is 0.222 e. The van der Waals surface area contributed by atoms with Gasteiger partial charge in [0.1, 0.15) is 0 Å². The van der Waals surface area contributed by atoms with Gasteiger partial charge in [0.15, 0.2) is 9.84 Å². The molecule has 2 unspecified atom stereocenters. The molecule has 18 heavy (non-hydrogen) atoms. The Labute approximate surface area is 109 Å². The molecular weight excluding hydrogens is 252 g/mol. The summed E-state index contributed by atoms with van der Waals surface area (Å²) < 4.78 is 22.9. The third-order valence-corrected chi connectivity index (χ3v) is 5.69. The van der Waals surface area contributed by atoms with Crippen molar-refractivity contribution in [3.05, 3.63) is 0 Å². The zero-order valence-electron chi connectivity index (χ0n) is 10.9. The average molecular weight is 274 g/mol. The zero-order valence-corrected chi connectivity index (χ0v) is 11.7. The molecule has 2 aliphatic heterocycles. The van der Waals surface area contributed by atoms with Crippen LogP contribution in [0.4, 0.5) is 0 Å². The van der Waals surface area contributed by atoms with E-state index in [1.165, 1.54) is 6.42 Å². The van der Waals surface area contributed by atoms with E-state index in [0.717, 1.165) is 19.4 Å². The Balaban J connectivity index is 1.84. The summed E-state index contributed by atoms with van der Waals surface area (Å²) in [6.45, 7) is 2.80. The van der Waals surface area contributed by atoms with Crippen LogP contribution in [0.5, 0.6) is 0 Å². The van der Waals surface area contributed by atoms with Gasteiger partial charge in [0.05, 0.1) is 17.0 Å². The lowest BCUT2D eigenvalue weighted by molar-refractivity contribution is -0.123. The first kappa shape index (κ1) is 13.8. The van der Waals surface area contributed by atoms with Gasteiger partial charge in [-0.3, -0.25) is 4.79 Å². The van der Waals surface area contributed by atoms with Crippen molar-refractivity contribution in [2.75, 3.05) is 18.1 Å². The number of carbonyl (C=O) groups is 1. The number of piperidine rings is 1. The van der Waals surface area contributed by atoms with E-state index in [1.54, 1.807) is 0 Å². The number of sulfone groups is 1. The van der Waals surface area contributed by atoms with Crippen LogP contribution in [0.2, 0.25) is 0 Å². The quantitative estimate of drug-likeness (QED) is 0.771. The van der Waals surface area contributed by atoms with E-state index >= 15 is 0 Å². The largest absolute Gasteiger partial charge is 0.350 e. The van der Waals surface area contributed by atoms with Gasteiger partial charge in [-0.25, -0.2) is 8.42 Å². The van der Waals surface area contributed by atoms with Crippen molar-refractivity contribution in [3.63, 3.8) is 0 Å². The van der Waals surface area contributed by atoms with Gasteiger partial charge in [0.2, 0.25) is 5.91 Å². The van der Waals surface area contributed by atoms with Crippen LogP contribution in [0.25, 0.3) is 0 Å². The second kappa shape index (κ2) is 5.17. The molecule has 2 heterocycles. The van der Waals surface area contributed by atoms with E-state index in [2.05, 4.69) is 10.6 Å². The monoisotopic (exact) mass is 274 g/mol. The molecule has 2 rings (SSSR count). The first-order valence-corrected chi connectivity index (χ1v) is 8.46. The molecule has 0 saturated carbocycles. The molecule has 2 N–H and O–H groups in total. The first-order valence-electron chi connectivity index (χ1n) is 6.63. The molecule has 0 radical (unpaired) electrons. The first-order chi connectivity index (χ1) is 8.39. The fourth-order valence-corrected chi connectivity index (χ4v) is 4.91. The third-order valence-electron chi connectivity index (χ3n) is 3.79. The summed E-state index contributed by atoms with van der Waals surface area (Å²) in [5.41, 5.74) is -0.565. The lowest BCUT2D eigenvalue weighted by Gasteiger charge is -2.27. The number of amides is 1. The Kier molecular flexibility index (Phi) is 3.96. The Hall–Kier alpha value is -0.620. The summed E-state index contributed by atoms with van der Waals surface area (Å²) in [5.74, 6) is 0.226. The Morgan fingerprint density at radius 1 is 1.44 bits per heavy atom. The van der Waals surface area contributed by atoms with Gasteiger partial charge in [-0.1, -0.05) is 6.42 Å². The maximum atomic E-state index is 11.9. The van der Waals surface area contributed by atoms with Crippen molar-refractivity contribution >= 4 is 15.7 Å². The molecule has 5 nitrogen and oxygen atoms in total. The van der Waals surface area contributed by atoms with Gasteiger partial charge in [-0.05, 0) is 32.7 Å². The molecule has 0 aliphatic carbocycles. The minimum absolute atomic E-state index is 0.0333. The summed E-state index contributed by atoms with van der Waals surface area (Å²) >= 11 is 0. The van der Waals surface area contributed by atoms with E-state index in [9.17, 15) is 13.2 Å². The second-order valence-corrected chi connectivity index (χ2v) is 7.99. The molecule has 6 heteroatoms. The third kappa shape index (κ3) is 3.68. The molecule has 1 amide bonds. The summed E-state index contributed by atoms with van der Waals surface area (Å²) in [5, 5.41) is 6.22.